The maximum Gasteiger partial charge on any atom is 0.271 e. The number of hydrogen-bond acceptors (Lipinski definition) is 4. The molecule has 1 aromatic heterocycles. The van der Waals surface area contributed by atoms with Crippen molar-refractivity contribution < 1.29 is 9.77 Å². The largest absolute Gasteiger partial charge is 0.439 e. The van der Waals surface area contributed by atoms with Gasteiger partial charge in [-0.2, -0.15) is 0 Å². The van der Waals surface area contributed by atoms with Crippen molar-refractivity contribution in [1.82, 2.24) is 15.2 Å². The predicted molar refractivity (Wildman–Crippen MR) is 88.6 cm³/mol. The molecule has 0 unspecified atom stereocenters. The number of guanidine groups is 1. The van der Waals surface area contributed by atoms with Crippen LogP contribution in [0.3, 0.4) is 0 Å². The Balaban J connectivity index is 1.64. The minimum atomic E-state index is -0.706. The van der Waals surface area contributed by atoms with E-state index in [9.17, 15) is 10.1 Å². The lowest BCUT2D eigenvalue weighted by molar-refractivity contribution is -0.485. The van der Waals surface area contributed by atoms with Crippen LogP contribution in [0.15, 0.2) is 47.7 Å². The Labute approximate surface area is 142 Å². The summed E-state index contributed by atoms with van der Waals surface area (Å²) in [5, 5.41) is 16.7. The number of nitrogens with zero attached hydrogens (tertiary/aromatic N) is 4. The van der Waals surface area contributed by atoms with Crippen LogP contribution in [0.4, 0.5) is 0 Å². The molecule has 1 N–H and O–H groups in total. The molecule has 8 nitrogen and oxygen atoms in total. The zero-order valence-electron chi connectivity index (χ0n) is 12.6. The van der Waals surface area contributed by atoms with Crippen molar-refractivity contribution in [2.45, 2.75) is 6.54 Å². The van der Waals surface area contributed by atoms with Crippen molar-refractivity contribution in [2.75, 3.05) is 13.1 Å². The highest BCUT2D eigenvalue weighted by Crippen LogP contribution is 2.21. The van der Waals surface area contributed by atoms with Crippen LogP contribution in [0.25, 0.3) is 0 Å². The molecule has 1 aliphatic rings. The van der Waals surface area contributed by atoms with E-state index in [2.05, 4.69) is 15.4 Å². The summed E-state index contributed by atoms with van der Waals surface area (Å²) in [4.78, 5) is 16.5. The van der Waals surface area contributed by atoms with Crippen molar-refractivity contribution in [3.05, 3.63) is 63.3 Å². The fraction of sp³-hybridized carbons (Fsp3) is 0.200. The zero-order valence-corrected chi connectivity index (χ0v) is 13.3. The van der Waals surface area contributed by atoms with Crippen LogP contribution < -0.4 is 10.1 Å². The van der Waals surface area contributed by atoms with Crippen LogP contribution in [0.5, 0.6) is 11.6 Å². The smallest absolute Gasteiger partial charge is 0.271 e. The number of nitrogens with one attached hydrogen (secondary N) is 1. The third kappa shape index (κ3) is 4.11. The van der Waals surface area contributed by atoms with Crippen molar-refractivity contribution in [2.24, 2.45) is 5.10 Å². The summed E-state index contributed by atoms with van der Waals surface area (Å²) < 4.78 is 5.62. The van der Waals surface area contributed by atoms with E-state index in [0.717, 1.165) is 5.56 Å². The summed E-state index contributed by atoms with van der Waals surface area (Å²) in [5.74, 6) is 1.37. The van der Waals surface area contributed by atoms with Gasteiger partial charge in [0.1, 0.15) is 10.9 Å². The van der Waals surface area contributed by atoms with Crippen molar-refractivity contribution >= 4 is 17.6 Å². The highest BCUT2D eigenvalue weighted by molar-refractivity contribution is 6.30. The molecule has 24 heavy (non-hydrogen) atoms. The number of halogens is 1. The molecule has 0 atom stereocenters. The Bertz CT molecular complexity index is 749. The molecule has 124 valence electrons. The summed E-state index contributed by atoms with van der Waals surface area (Å²) in [6.45, 7) is 1.75. The van der Waals surface area contributed by atoms with Gasteiger partial charge in [0.05, 0.1) is 0 Å². The quantitative estimate of drug-likeness (QED) is 0.659. The first-order valence-corrected chi connectivity index (χ1v) is 7.58. The second-order valence-electron chi connectivity index (χ2n) is 5.07. The van der Waals surface area contributed by atoms with Crippen LogP contribution >= 0.6 is 11.6 Å². The lowest BCUT2D eigenvalue weighted by Gasteiger charge is -2.15. The van der Waals surface area contributed by atoms with E-state index < -0.39 is 5.03 Å². The highest BCUT2D eigenvalue weighted by atomic mass is 35.5. The Hall–Kier alpha value is -2.87. The Morgan fingerprint density at radius 2 is 2.12 bits per heavy atom. The molecule has 1 aliphatic heterocycles. The molecule has 1 saturated heterocycles. The molecule has 0 amide bonds. The van der Waals surface area contributed by atoms with Crippen LogP contribution in [0.1, 0.15) is 5.56 Å². The van der Waals surface area contributed by atoms with Crippen LogP contribution in [-0.4, -0.2) is 34.0 Å². The normalized spacial score (nSPS) is 15.4. The topological polar surface area (TPSA) is 92.9 Å². The van der Waals surface area contributed by atoms with Crippen LogP contribution in [-0.2, 0) is 6.54 Å². The standard InChI is InChI=1S/C15H14ClN5O3/c16-12-2-4-13(5-3-12)24-14-6-1-11(9-18-14)10-20-8-7-17-15(20)19-21(22)23/h1-6,9H,7-8,10H2,(H,17,19). The number of ether oxygens (including phenoxy) is 1. The number of hydrogen-bond donors (Lipinski definition) is 1. The first kappa shape index (κ1) is 16.0. The number of hydrazone groups is 1. The zero-order chi connectivity index (χ0) is 16.9. The SMILES string of the molecule is O=[N+]([O-])/N=C1\NCCN1Cc1ccc(Oc2ccc(Cl)cc2)nc1. The molecule has 0 bridgehead atoms. The maximum atomic E-state index is 10.5. The lowest BCUT2D eigenvalue weighted by atomic mass is 10.2. The summed E-state index contributed by atoms with van der Waals surface area (Å²) in [5.41, 5.74) is 0.901. The van der Waals surface area contributed by atoms with Gasteiger partial charge >= 0.3 is 0 Å². The van der Waals surface area contributed by atoms with Gasteiger partial charge in [0.15, 0.2) is 5.03 Å². The molecule has 2 aromatic rings. The van der Waals surface area contributed by atoms with Crippen molar-refractivity contribution in [1.29, 1.82) is 0 Å². The number of nitro groups is 1. The molecule has 0 spiro atoms. The maximum absolute atomic E-state index is 10.5. The first-order valence-electron chi connectivity index (χ1n) is 7.20. The van der Waals surface area contributed by atoms with Gasteiger partial charge in [-0.15, -0.1) is 0 Å². The molecule has 1 fully saturated rings. The Kier molecular flexibility index (Phi) is 4.76. The second-order valence-corrected chi connectivity index (χ2v) is 5.51. The van der Waals surface area contributed by atoms with Crippen LogP contribution in [0.2, 0.25) is 5.02 Å². The highest BCUT2D eigenvalue weighted by Gasteiger charge is 2.21. The molecular weight excluding hydrogens is 334 g/mol. The van der Waals surface area contributed by atoms with Gasteiger partial charge in [0.2, 0.25) is 5.88 Å². The Morgan fingerprint density at radius 1 is 1.33 bits per heavy atom. The minimum absolute atomic E-state index is 0.265. The summed E-state index contributed by atoms with van der Waals surface area (Å²) >= 11 is 5.83. The molecular formula is C15H14ClN5O3. The average Bonchev–Trinajstić information content (AvgIpc) is 2.98. The number of aromatic nitrogens is 1. The van der Waals surface area contributed by atoms with Crippen molar-refractivity contribution in [3.63, 3.8) is 0 Å². The molecule has 3 rings (SSSR count). The van der Waals surface area contributed by atoms with Gasteiger partial charge in [0.25, 0.3) is 5.96 Å². The fourth-order valence-electron chi connectivity index (χ4n) is 2.26. The van der Waals surface area contributed by atoms with Gasteiger partial charge in [-0.3, -0.25) is 0 Å². The molecule has 1 aromatic carbocycles. The molecule has 0 aliphatic carbocycles. The number of benzene rings is 1. The Morgan fingerprint density at radius 3 is 2.79 bits per heavy atom. The molecule has 9 heteroatoms. The minimum Gasteiger partial charge on any atom is -0.439 e. The van der Waals surface area contributed by atoms with E-state index in [1.165, 1.54) is 0 Å². The van der Waals surface area contributed by atoms with E-state index in [1.54, 1.807) is 41.4 Å². The molecule has 2 heterocycles. The summed E-state index contributed by atoms with van der Waals surface area (Å²) in [7, 11) is 0. The van der Waals surface area contributed by atoms with E-state index >= 15 is 0 Å². The number of pyridine rings is 1. The predicted octanol–water partition coefficient (Wildman–Crippen LogP) is 2.48. The van der Waals surface area contributed by atoms with Gasteiger partial charge in [-0.1, -0.05) is 17.7 Å². The fourth-order valence-corrected chi connectivity index (χ4v) is 2.38. The van der Waals surface area contributed by atoms with Gasteiger partial charge in [0, 0.05) is 36.9 Å². The summed E-state index contributed by atoms with van der Waals surface area (Å²) in [6.07, 6.45) is 1.67. The van der Waals surface area contributed by atoms with E-state index in [-0.39, 0.29) is 5.96 Å². The van der Waals surface area contributed by atoms with Gasteiger partial charge < -0.3 is 15.0 Å². The third-order valence-corrected chi connectivity index (χ3v) is 3.60. The molecule has 0 radical (unpaired) electrons. The monoisotopic (exact) mass is 347 g/mol. The van der Waals surface area contributed by atoms with Crippen LogP contribution in [0, 0.1) is 10.1 Å². The van der Waals surface area contributed by atoms with E-state index in [4.69, 9.17) is 16.3 Å². The first-order chi connectivity index (χ1) is 11.6. The number of rotatable bonds is 5. The molecule has 0 saturated carbocycles. The van der Waals surface area contributed by atoms with Gasteiger partial charge in [-0.25, -0.2) is 15.1 Å². The second kappa shape index (κ2) is 7.14. The lowest BCUT2D eigenvalue weighted by Crippen LogP contribution is -2.30. The van der Waals surface area contributed by atoms with Crippen molar-refractivity contribution in [3.8, 4) is 11.6 Å². The summed E-state index contributed by atoms with van der Waals surface area (Å²) in [6, 6.07) is 10.6. The van der Waals surface area contributed by atoms with E-state index in [1.807, 2.05) is 6.07 Å². The van der Waals surface area contributed by atoms with Gasteiger partial charge in [-0.05, 0) is 29.8 Å². The third-order valence-electron chi connectivity index (χ3n) is 3.35. The average molecular weight is 348 g/mol. The van der Waals surface area contributed by atoms with E-state index in [0.29, 0.717) is 36.3 Å².